The number of nitrogens with one attached hydrogen (secondary N) is 1. The number of benzene rings is 1. The van der Waals surface area contributed by atoms with Crippen LogP contribution in [0.5, 0.6) is 0 Å². The second kappa shape index (κ2) is 6.90. The third kappa shape index (κ3) is 3.76. The van der Waals surface area contributed by atoms with Crippen LogP contribution in [-0.4, -0.2) is 67.4 Å². The average molecular weight is 351 g/mol. The number of hydrogen-bond acceptors (Lipinski definition) is 4. The average Bonchev–Trinajstić information content (AvgIpc) is 3.46. The first-order valence-corrected chi connectivity index (χ1v) is 9.59. The summed E-state index contributed by atoms with van der Waals surface area (Å²) in [4.78, 5) is 25.7. The third-order valence-corrected chi connectivity index (χ3v) is 6.73. The van der Waals surface area contributed by atoms with Crippen LogP contribution in [0.3, 0.4) is 0 Å². The smallest absolute Gasteiger partial charge is 0.251 e. The van der Waals surface area contributed by atoms with Crippen molar-refractivity contribution in [3.05, 3.63) is 35.9 Å². The quantitative estimate of drug-likeness (QED) is 0.812. The Bertz CT molecular complexity index is 708. The summed E-state index contributed by atoms with van der Waals surface area (Å²) < 4.78 is 25.8. The Morgan fingerprint density at radius 2 is 1.67 bits per heavy atom. The second-order valence-corrected chi connectivity index (χ2v) is 8.29. The largest absolute Gasteiger partial charge is 0.343 e. The molecule has 1 aliphatic carbocycles. The van der Waals surface area contributed by atoms with Gasteiger partial charge in [0.15, 0.2) is 0 Å². The highest BCUT2D eigenvalue weighted by Crippen LogP contribution is 2.31. The van der Waals surface area contributed by atoms with Gasteiger partial charge in [-0.2, -0.15) is 4.31 Å². The van der Waals surface area contributed by atoms with Crippen molar-refractivity contribution in [1.29, 1.82) is 0 Å². The predicted octanol–water partition coefficient (Wildman–Crippen LogP) is 0.0528. The molecule has 3 rings (SSSR count). The van der Waals surface area contributed by atoms with Gasteiger partial charge in [0.1, 0.15) is 0 Å². The number of nitrogens with zero attached hydrogens (tertiary/aromatic N) is 2. The fourth-order valence-electron chi connectivity index (χ4n) is 2.73. The van der Waals surface area contributed by atoms with Crippen LogP contribution in [0.15, 0.2) is 30.3 Å². The fraction of sp³-hybridized carbons (Fsp3) is 0.500. The van der Waals surface area contributed by atoms with Crippen molar-refractivity contribution in [1.82, 2.24) is 14.5 Å². The van der Waals surface area contributed by atoms with Crippen LogP contribution >= 0.6 is 0 Å². The van der Waals surface area contributed by atoms with E-state index in [1.807, 2.05) is 6.07 Å². The molecule has 0 radical (unpaired) electrons. The van der Waals surface area contributed by atoms with E-state index in [0.717, 1.165) is 12.8 Å². The molecule has 7 nitrogen and oxygen atoms in total. The Morgan fingerprint density at radius 3 is 2.25 bits per heavy atom. The van der Waals surface area contributed by atoms with Crippen molar-refractivity contribution in [3.63, 3.8) is 0 Å². The lowest BCUT2D eigenvalue weighted by Crippen LogP contribution is -2.53. The zero-order valence-electron chi connectivity index (χ0n) is 13.3. The maximum absolute atomic E-state index is 12.2. The maximum Gasteiger partial charge on any atom is 0.251 e. The number of carbonyl (C=O) groups excluding carboxylic acids is 2. The summed E-state index contributed by atoms with van der Waals surface area (Å²) in [5, 5.41) is 2.39. The number of amides is 2. The van der Waals surface area contributed by atoms with E-state index in [9.17, 15) is 18.0 Å². The van der Waals surface area contributed by atoms with Gasteiger partial charge in [0.05, 0.1) is 11.8 Å². The zero-order chi connectivity index (χ0) is 17.2. The van der Waals surface area contributed by atoms with Crippen molar-refractivity contribution in [2.24, 2.45) is 0 Å². The molecule has 24 heavy (non-hydrogen) atoms. The van der Waals surface area contributed by atoms with Gasteiger partial charge in [-0.3, -0.25) is 9.59 Å². The number of rotatable bonds is 5. The highest BCUT2D eigenvalue weighted by Gasteiger charge is 2.41. The molecule has 8 heteroatoms. The first-order valence-electron chi connectivity index (χ1n) is 8.08. The molecule has 1 aliphatic heterocycles. The van der Waals surface area contributed by atoms with Gasteiger partial charge in [0.2, 0.25) is 15.9 Å². The van der Waals surface area contributed by atoms with E-state index in [2.05, 4.69) is 5.32 Å². The van der Waals surface area contributed by atoms with Crippen LogP contribution in [0.2, 0.25) is 0 Å². The Labute approximate surface area is 141 Å². The highest BCUT2D eigenvalue weighted by atomic mass is 32.2. The summed E-state index contributed by atoms with van der Waals surface area (Å²) in [5.41, 5.74) is 0.505. The van der Waals surface area contributed by atoms with Crippen molar-refractivity contribution >= 4 is 21.8 Å². The lowest BCUT2D eigenvalue weighted by atomic mass is 10.2. The van der Waals surface area contributed by atoms with Gasteiger partial charge in [0, 0.05) is 31.7 Å². The first-order chi connectivity index (χ1) is 11.5. The van der Waals surface area contributed by atoms with Gasteiger partial charge in [0.25, 0.3) is 5.91 Å². The molecule has 1 saturated carbocycles. The summed E-state index contributed by atoms with van der Waals surface area (Å²) in [5.74, 6) is -0.485. The molecular formula is C16H21N3O4S. The normalized spacial score (nSPS) is 19.1. The molecule has 2 amide bonds. The Kier molecular flexibility index (Phi) is 4.86. The standard InChI is InChI=1S/C16H21N3O4S/c20-15(12-17-16(21)13-4-2-1-3-5-13)18-8-10-19(11-9-18)24(22,23)14-6-7-14/h1-5,14H,6-12H2,(H,17,21). The monoisotopic (exact) mass is 351 g/mol. The molecular weight excluding hydrogens is 330 g/mol. The van der Waals surface area contributed by atoms with Crippen LogP contribution in [-0.2, 0) is 14.8 Å². The topological polar surface area (TPSA) is 86.8 Å². The van der Waals surface area contributed by atoms with Gasteiger partial charge >= 0.3 is 0 Å². The molecule has 2 fully saturated rings. The number of carbonyl (C=O) groups is 2. The number of piperazine rings is 1. The molecule has 0 spiro atoms. The van der Waals surface area contributed by atoms with Crippen molar-refractivity contribution in [3.8, 4) is 0 Å². The lowest BCUT2D eigenvalue weighted by Gasteiger charge is -2.34. The highest BCUT2D eigenvalue weighted by molar-refractivity contribution is 7.90. The molecule has 1 heterocycles. The summed E-state index contributed by atoms with van der Waals surface area (Å²) in [6.07, 6.45) is 1.49. The SMILES string of the molecule is O=C(NCC(=O)N1CCN(S(=O)(=O)C2CC2)CC1)c1ccccc1. The Hall–Kier alpha value is -1.93. The van der Waals surface area contributed by atoms with Crippen LogP contribution in [0.4, 0.5) is 0 Å². The molecule has 0 aromatic heterocycles. The molecule has 130 valence electrons. The van der Waals surface area contributed by atoms with Crippen LogP contribution in [0.1, 0.15) is 23.2 Å². The van der Waals surface area contributed by atoms with Gasteiger partial charge < -0.3 is 10.2 Å². The number of sulfonamides is 1. The number of hydrogen-bond donors (Lipinski definition) is 1. The molecule has 1 aromatic rings. The molecule has 0 unspecified atom stereocenters. The van der Waals surface area contributed by atoms with Gasteiger partial charge in [-0.15, -0.1) is 0 Å². The van der Waals surface area contributed by atoms with E-state index in [1.165, 1.54) is 4.31 Å². The van der Waals surface area contributed by atoms with Crippen molar-refractivity contribution in [2.75, 3.05) is 32.7 Å². The summed E-state index contributed by atoms with van der Waals surface area (Å²) >= 11 is 0. The molecule has 2 aliphatic rings. The third-order valence-electron chi connectivity index (χ3n) is 4.33. The molecule has 0 atom stereocenters. The summed E-state index contributed by atoms with van der Waals surface area (Å²) in [7, 11) is -3.17. The maximum atomic E-state index is 12.2. The van der Waals surface area contributed by atoms with E-state index >= 15 is 0 Å². The van der Waals surface area contributed by atoms with Crippen molar-refractivity contribution < 1.29 is 18.0 Å². The lowest BCUT2D eigenvalue weighted by molar-refractivity contribution is -0.131. The second-order valence-electron chi connectivity index (χ2n) is 6.07. The minimum absolute atomic E-state index is 0.0803. The Morgan fingerprint density at radius 1 is 1.04 bits per heavy atom. The predicted molar refractivity (Wildman–Crippen MR) is 88.9 cm³/mol. The summed E-state index contributed by atoms with van der Waals surface area (Å²) in [6.45, 7) is 1.31. The van der Waals surface area contributed by atoms with Gasteiger partial charge in [-0.05, 0) is 25.0 Å². The first kappa shape index (κ1) is 16.9. The van der Waals surface area contributed by atoms with E-state index in [1.54, 1.807) is 29.2 Å². The summed E-state index contributed by atoms with van der Waals surface area (Å²) in [6, 6.07) is 8.70. The molecule has 1 aromatic carbocycles. The molecule has 1 saturated heterocycles. The minimum Gasteiger partial charge on any atom is -0.343 e. The zero-order valence-corrected chi connectivity index (χ0v) is 14.2. The molecule has 0 bridgehead atoms. The van der Waals surface area contributed by atoms with Crippen LogP contribution in [0.25, 0.3) is 0 Å². The Balaban J connectivity index is 1.46. The van der Waals surface area contributed by atoms with Crippen LogP contribution < -0.4 is 5.32 Å². The van der Waals surface area contributed by atoms with Crippen molar-refractivity contribution in [2.45, 2.75) is 18.1 Å². The minimum atomic E-state index is -3.17. The van der Waals surface area contributed by atoms with Gasteiger partial charge in [-0.25, -0.2) is 8.42 Å². The molecule has 1 N–H and O–H groups in total. The van der Waals surface area contributed by atoms with E-state index < -0.39 is 10.0 Å². The van der Waals surface area contributed by atoms with E-state index in [0.29, 0.717) is 31.7 Å². The van der Waals surface area contributed by atoms with Crippen LogP contribution in [0, 0.1) is 0 Å². The fourth-order valence-corrected chi connectivity index (χ4v) is 4.55. The van der Waals surface area contributed by atoms with E-state index in [-0.39, 0.29) is 23.6 Å². The van der Waals surface area contributed by atoms with Gasteiger partial charge in [-0.1, -0.05) is 18.2 Å². The van der Waals surface area contributed by atoms with E-state index in [4.69, 9.17) is 0 Å².